The monoisotopic (exact) mass is 136 g/mol. The fraction of sp³-hybridized carbons (Fsp3) is 0.500. The lowest BCUT2D eigenvalue weighted by Crippen LogP contribution is -2.46. The zero-order chi connectivity index (χ0) is 6.81. The Hall–Kier alpha value is -0.600. The first-order valence-corrected chi connectivity index (χ1v) is 3.58. The van der Waals surface area contributed by atoms with Crippen molar-refractivity contribution in [3.05, 3.63) is 24.3 Å². The lowest BCUT2D eigenvalue weighted by Gasteiger charge is -2.29. The molecule has 1 heterocycles. The van der Waals surface area contributed by atoms with Gasteiger partial charge >= 0.3 is 0 Å². The maximum absolute atomic E-state index is 5.45. The molecular weight excluding hydrogens is 126 g/mol. The summed E-state index contributed by atoms with van der Waals surface area (Å²) in [4.78, 5) is 0. The van der Waals surface area contributed by atoms with Gasteiger partial charge in [0.05, 0.1) is 18.8 Å². The van der Waals surface area contributed by atoms with Crippen LogP contribution in [0.1, 0.15) is 0 Å². The van der Waals surface area contributed by atoms with Crippen LogP contribution in [0.4, 0.5) is 0 Å². The van der Waals surface area contributed by atoms with Crippen molar-refractivity contribution in [1.29, 1.82) is 0 Å². The Morgan fingerprint density at radius 3 is 3.50 bits per heavy atom. The molecule has 0 spiro atoms. The molecule has 0 aromatic carbocycles. The van der Waals surface area contributed by atoms with E-state index in [1.807, 2.05) is 12.2 Å². The van der Waals surface area contributed by atoms with E-state index in [-0.39, 0.29) is 6.10 Å². The largest absolute Gasteiger partial charge is 0.371 e. The summed E-state index contributed by atoms with van der Waals surface area (Å²) in [6.07, 6.45) is 9.22. The Labute approximate surface area is 60.6 Å². The molecule has 2 nitrogen and oxygen atoms in total. The summed E-state index contributed by atoms with van der Waals surface area (Å²) in [5, 5.41) is 3.34. The third-order valence-corrected chi connectivity index (χ3v) is 1.81. The first kappa shape index (κ1) is 6.13. The minimum Gasteiger partial charge on any atom is -0.371 e. The molecule has 2 aliphatic rings. The Balaban J connectivity index is 2.09. The van der Waals surface area contributed by atoms with E-state index >= 15 is 0 Å². The first-order valence-electron chi connectivity index (χ1n) is 3.58. The van der Waals surface area contributed by atoms with Crippen LogP contribution in [-0.2, 0) is 4.74 Å². The number of nitrogens with one attached hydrogen (secondary N) is 1. The highest BCUT2D eigenvalue weighted by molar-refractivity contribution is 5.15. The highest BCUT2D eigenvalue weighted by atomic mass is 16.5. The van der Waals surface area contributed by atoms with Gasteiger partial charge in [0.1, 0.15) is 0 Å². The summed E-state index contributed by atoms with van der Waals surface area (Å²) < 4.78 is 5.45. The third-order valence-electron chi connectivity index (χ3n) is 1.81. The second kappa shape index (κ2) is 2.56. The molecular formula is C8H10NO. The van der Waals surface area contributed by atoms with Crippen LogP contribution in [0.3, 0.4) is 0 Å². The van der Waals surface area contributed by atoms with Crippen LogP contribution in [0.15, 0.2) is 18.2 Å². The summed E-state index contributed by atoms with van der Waals surface area (Å²) in [6.45, 7) is 1.77. The van der Waals surface area contributed by atoms with Gasteiger partial charge in [0, 0.05) is 6.54 Å². The molecule has 0 amide bonds. The highest BCUT2D eigenvalue weighted by Crippen LogP contribution is 2.10. The molecule has 1 aliphatic heterocycles. The van der Waals surface area contributed by atoms with Gasteiger partial charge in [-0.25, -0.2) is 0 Å². The normalized spacial score (nSPS) is 37.6. The minimum absolute atomic E-state index is 0.221. The van der Waals surface area contributed by atoms with Gasteiger partial charge in [0.2, 0.25) is 0 Å². The molecule has 53 valence electrons. The maximum Gasteiger partial charge on any atom is 0.0954 e. The van der Waals surface area contributed by atoms with Crippen LogP contribution >= 0.6 is 0 Å². The lowest BCUT2D eigenvalue weighted by molar-refractivity contribution is 0.0382. The number of fused-ring (bicyclic) bond motifs is 1. The van der Waals surface area contributed by atoms with Crippen molar-refractivity contribution in [3.63, 3.8) is 0 Å². The number of ether oxygens (including phenoxy) is 1. The molecule has 0 aromatic rings. The summed E-state index contributed by atoms with van der Waals surface area (Å²) in [5.41, 5.74) is 0. The SMILES string of the molecule is [C]1=CC2OCCNC2C=C1. The molecule has 1 radical (unpaired) electrons. The Morgan fingerprint density at radius 1 is 1.60 bits per heavy atom. The van der Waals surface area contributed by atoms with E-state index in [0.717, 1.165) is 13.2 Å². The maximum atomic E-state index is 5.45. The highest BCUT2D eigenvalue weighted by Gasteiger charge is 2.21. The van der Waals surface area contributed by atoms with E-state index < -0.39 is 0 Å². The fourth-order valence-corrected chi connectivity index (χ4v) is 1.28. The molecule has 1 saturated heterocycles. The van der Waals surface area contributed by atoms with Crippen LogP contribution in [0.5, 0.6) is 0 Å². The molecule has 2 atom stereocenters. The number of hydrogen-bond acceptors (Lipinski definition) is 2. The van der Waals surface area contributed by atoms with Crippen LogP contribution in [0, 0.1) is 6.08 Å². The lowest BCUT2D eigenvalue weighted by atomic mass is 10.0. The van der Waals surface area contributed by atoms with Crippen LogP contribution in [0.2, 0.25) is 0 Å². The Morgan fingerprint density at radius 2 is 2.60 bits per heavy atom. The smallest absolute Gasteiger partial charge is 0.0954 e. The van der Waals surface area contributed by atoms with E-state index in [4.69, 9.17) is 4.74 Å². The molecule has 0 saturated carbocycles. The number of hydrogen-bond donors (Lipinski definition) is 1. The predicted octanol–water partition coefficient (Wildman–Crippen LogP) is 0.273. The quantitative estimate of drug-likeness (QED) is 0.516. The molecule has 10 heavy (non-hydrogen) atoms. The Kier molecular flexibility index (Phi) is 1.57. The molecule has 1 N–H and O–H groups in total. The zero-order valence-electron chi connectivity index (χ0n) is 5.71. The number of allylic oxidation sites excluding steroid dienone is 2. The van der Waals surface area contributed by atoms with E-state index in [0.29, 0.717) is 6.04 Å². The standard InChI is InChI=1S/C8H10NO/c1-2-4-8-7(3-1)9-5-6-10-8/h1,3-4,7-9H,5-6H2. The average molecular weight is 136 g/mol. The molecule has 1 fully saturated rings. The summed E-state index contributed by atoms with van der Waals surface area (Å²) in [5.74, 6) is 0. The topological polar surface area (TPSA) is 21.3 Å². The molecule has 0 aromatic heterocycles. The second-order valence-corrected chi connectivity index (χ2v) is 2.51. The first-order chi connectivity index (χ1) is 4.97. The zero-order valence-corrected chi connectivity index (χ0v) is 5.71. The number of morpholine rings is 1. The van der Waals surface area contributed by atoms with Gasteiger partial charge in [0.15, 0.2) is 0 Å². The van der Waals surface area contributed by atoms with E-state index in [2.05, 4.69) is 17.5 Å². The fourth-order valence-electron chi connectivity index (χ4n) is 1.28. The van der Waals surface area contributed by atoms with E-state index in [9.17, 15) is 0 Å². The number of rotatable bonds is 0. The van der Waals surface area contributed by atoms with Gasteiger partial charge in [-0.2, -0.15) is 0 Å². The van der Waals surface area contributed by atoms with Gasteiger partial charge in [-0.05, 0) is 12.2 Å². The van der Waals surface area contributed by atoms with Gasteiger partial charge in [-0.1, -0.05) is 12.2 Å². The molecule has 0 bridgehead atoms. The van der Waals surface area contributed by atoms with Gasteiger partial charge in [0.25, 0.3) is 0 Å². The van der Waals surface area contributed by atoms with Gasteiger partial charge < -0.3 is 10.1 Å². The van der Waals surface area contributed by atoms with E-state index in [1.165, 1.54) is 0 Å². The predicted molar refractivity (Wildman–Crippen MR) is 38.5 cm³/mol. The summed E-state index contributed by atoms with van der Waals surface area (Å²) in [7, 11) is 0. The second-order valence-electron chi connectivity index (χ2n) is 2.51. The van der Waals surface area contributed by atoms with Gasteiger partial charge in [-0.3, -0.25) is 0 Å². The Bertz CT molecular complexity index is 154. The van der Waals surface area contributed by atoms with Crippen molar-refractivity contribution in [2.75, 3.05) is 13.2 Å². The van der Waals surface area contributed by atoms with Crippen molar-refractivity contribution >= 4 is 0 Å². The van der Waals surface area contributed by atoms with Crippen LogP contribution in [-0.4, -0.2) is 25.3 Å². The molecule has 2 unspecified atom stereocenters. The molecule has 2 rings (SSSR count). The van der Waals surface area contributed by atoms with Crippen molar-refractivity contribution < 1.29 is 4.74 Å². The van der Waals surface area contributed by atoms with Crippen molar-refractivity contribution in [1.82, 2.24) is 5.32 Å². The van der Waals surface area contributed by atoms with Gasteiger partial charge in [-0.15, -0.1) is 0 Å². The van der Waals surface area contributed by atoms with E-state index in [1.54, 1.807) is 0 Å². The van der Waals surface area contributed by atoms with Crippen LogP contribution in [0.25, 0.3) is 0 Å². The summed E-state index contributed by atoms with van der Waals surface area (Å²) >= 11 is 0. The van der Waals surface area contributed by atoms with Crippen molar-refractivity contribution in [2.45, 2.75) is 12.1 Å². The molecule has 2 heteroatoms. The summed E-state index contributed by atoms with van der Waals surface area (Å²) in [6, 6.07) is 0.384. The van der Waals surface area contributed by atoms with Crippen molar-refractivity contribution in [3.8, 4) is 0 Å². The molecule has 1 aliphatic carbocycles. The van der Waals surface area contributed by atoms with Crippen molar-refractivity contribution in [2.24, 2.45) is 0 Å². The third kappa shape index (κ3) is 1.00. The van der Waals surface area contributed by atoms with Crippen LogP contribution < -0.4 is 5.32 Å². The minimum atomic E-state index is 0.221. The average Bonchev–Trinajstić information content (AvgIpc) is 2.05.